The third-order valence-corrected chi connectivity index (χ3v) is 5.66. The molecule has 4 amide bonds. The maximum atomic E-state index is 12.6. The average molecular weight is 335 g/mol. The monoisotopic (exact) mass is 335 g/mol. The second kappa shape index (κ2) is 6.31. The van der Waals surface area contributed by atoms with Gasteiger partial charge in [0, 0.05) is 4.88 Å². The van der Waals surface area contributed by atoms with Crippen LogP contribution in [0.5, 0.6) is 0 Å². The highest BCUT2D eigenvalue weighted by Gasteiger charge is 2.51. The maximum absolute atomic E-state index is 12.6. The van der Waals surface area contributed by atoms with E-state index in [-0.39, 0.29) is 24.4 Å². The predicted molar refractivity (Wildman–Crippen MR) is 86.9 cm³/mol. The molecule has 1 saturated carbocycles. The summed E-state index contributed by atoms with van der Waals surface area (Å²) >= 11 is 1.56. The third kappa shape index (κ3) is 3.10. The van der Waals surface area contributed by atoms with Gasteiger partial charge >= 0.3 is 6.03 Å². The SMILES string of the molecule is C[C@@H](NC(=O)CN1C(=O)NC2(CCCCC2)C1=O)c1cccs1. The van der Waals surface area contributed by atoms with Crippen LogP contribution in [0.25, 0.3) is 0 Å². The molecule has 1 aliphatic carbocycles. The molecule has 0 bridgehead atoms. The largest absolute Gasteiger partial charge is 0.347 e. The number of carbonyl (C=O) groups is 3. The Morgan fingerprint density at radius 3 is 2.78 bits per heavy atom. The van der Waals surface area contributed by atoms with E-state index < -0.39 is 11.6 Å². The first-order valence-corrected chi connectivity index (χ1v) is 8.87. The standard InChI is InChI=1S/C16H21N3O3S/c1-11(12-6-5-9-23-12)17-13(20)10-19-14(21)16(18-15(19)22)7-3-2-4-8-16/h5-6,9,11H,2-4,7-8,10H2,1H3,(H,17,20)(H,18,22)/t11-/m1/s1. The summed E-state index contributed by atoms with van der Waals surface area (Å²) in [7, 11) is 0. The van der Waals surface area contributed by atoms with Crippen molar-refractivity contribution in [3.05, 3.63) is 22.4 Å². The van der Waals surface area contributed by atoms with Crippen LogP contribution in [0.3, 0.4) is 0 Å². The number of nitrogens with zero attached hydrogens (tertiary/aromatic N) is 1. The minimum Gasteiger partial charge on any atom is -0.347 e. The molecule has 1 spiro atoms. The zero-order valence-electron chi connectivity index (χ0n) is 13.1. The van der Waals surface area contributed by atoms with E-state index in [1.807, 2.05) is 24.4 Å². The molecule has 0 unspecified atom stereocenters. The van der Waals surface area contributed by atoms with Gasteiger partial charge in [-0.25, -0.2) is 4.79 Å². The maximum Gasteiger partial charge on any atom is 0.325 e. The minimum absolute atomic E-state index is 0.132. The van der Waals surface area contributed by atoms with Crippen molar-refractivity contribution in [3.8, 4) is 0 Å². The molecule has 2 aliphatic rings. The van der Waals surface area contributed by atoms with Gasteiger partial charge in [0.2, 0.25) is 5.91 Å². The van der Waals surface area contributed by atoms with E-state index in [0.29, 0.717) is 12.8 Å². The lowest BCUT2D eigenvalue weighted by Gasteiger charge is -2.30. The van der Waals surface area contributed by atoms with E-state index in [2.05, 4.69) is 10.6 Å². The fraction of sp³-hybridized carbons (Fsp3) is 0.562. The number of imide groups is 1. The van der Waals surface area contributed by atoms with Crippen LogP contribution in [0.4, 0.5) is 4.79 Å². The molecule has 2 heterocycles. The Morgan fingerprint density at radius 2 is 2.13 bits per heavy atom. The number of rotatable bonds is 4. The van der Waals surface area contributed by atoms with Crippen molar-refractivity contribution in [2.75, 3.05) is 6.54 Å². The molecule has 1 saturated heterocycles. The number of carbonyl (C=O) groups excluding carboxylic acids is 3. The quantitative estimate of drug-likeness (QED) is 0.828. The van der Waals surface area contributed by atoms with Gasteiger partial charge in [0.1, 0.15) is 12.1 Å². The predicted octanol–water partition coefficient (Wildman–Crippen LogP) is 2.18. The van der Waals surface area contributed by atoms with Crippen molar-refractivity contribution in [1.82, 2.24) is 15.5 Å². The Labute approximate surface area is 139 Å². The van der Waals surface area contributed by atoms with E-state index in [9.17, 15) is 14.4 Å². The Morgan fingerprint density at radius 1 is 1.39 bits per heavy atom. The number of hydrogen-bond acceptors (Lipinski definition) is 4. The molecule has 7 heteroatoms. The van der Waals surface area contributed by atoms with Crippen LogP contribution in [0.15, 0.2) is 17.5 Å². The molecule has 2 fully saturated rings. The van der Waals surface area contributed by atoms with Crippen LogP contribution in [0.1, 0.15) is 49.9 Å². The lowest BCUT2D eigenvalue weighted by atomic mass is 9.82. The van der Waals surface area contributed by atoms with E-state index in [1.165, 1.54) is 0 Å². The first-order valence-electron chi connectivity index (χ1n) is 7.99. The number of nitrogens with one attached hydrogen (secondary N) is 2. The van der Waals surface area contributed by atoms with Gasteiger partial charge in [-0.1, -0.05) is 25.3 Å². The molecule has 0 radical (unpaired) electrons. The van der Waals surface area contributed by atoms with Crippen molar-refractivity contribution in [2.24, 2.45) is 0 Å². The van der Waals surface area contributed by atoms with Crippen molar-refractivity contribution >= 4 is 29.2 Å². The molecule has 3 rings (SSSR count). The Hall–Kier alpha value is -1.89. The molecule has 1 aliphatic heterocycles. The Kier molecular flexibility index (Phi) is 4.39. The van der Waals surface area contributed by atoms with E-state index in [1.54, 1.807) is 11.3 Å². The first kappa shape index (κ1) is 16.0. The summed E-state index contributed by atoms with van der Waals surface area (Å²) in [5, 5.41) is 7.60. The smallest absolute Gasteiger partial charge is 0.325 e. The van der Waals surface area contributed by atoms with Crippen LogP contribution >= 0.6 is 11.3 Å². The summed E-state index contributed by atoms with van der Waals surface area (Å²) < 4.78 is 0. The highest BCUT2D eigenvalue weighted by molar-refractivity contribution is 7.10. The summed E-state index contributed by atoms with van der Waals surface area (Å²) in [6.45, 7) is 1.67. The molecular formula is C16H21N3O3S. The highest BCUT2D eigenvalue weighted by Crippen LogP contribution is 2.33. The second-order valence-electron chi connectivity index (χ2n) is 6.27. The molecular weight excluding hydrogens is 314 g/mol. The minimum atomic E-state index is -0.769. The van der Waals surface area contributed by atoms with E-state index in [4.69, 9.17) is 0 Å². The number of hydrogen-bond donors (Lipinski definition) is 2. The topological polar surface area (TPSA) is 78.5 Å². The van der Waals surface area contributed by atoms with Crippen LogP contribution in [0.2, 0.25) is 0 Å². The van der Waals surface area contributed by atoms with Gasteiger partial charge in [-0.15, -0.1) is 11.3 Å². The summed E-state index contributed by atoms with van der Waals surface area (Å²) in [5.41, 5.74) is -0.769. The van der Waals surface area contributed by atoms with E-state index in [0.717, 1.165) is 29.0 Å². The first-order chi connectivity index (χ1) is 11.0. The van der Waals surface area contributed by atoms with Crippen LogP contribution in [-0.2, 0) is 9.59 Å². The van der Waals surface area contributed by atoms with E-state index >= 15 is 0 Å². The lowest BCUT2D eigenvalue weighted by Crippen LogP contribution is -2.49. The summed E-state index contributed by atoms with van der Waals surface area (Å²) in [6.07, 6.45) is 4.29. The number of amides is 4. The normalized spacial score (nSPS) is 21.3. The molecule has 124 valence electrons. The van der Waals surface area contributed by atoms with Gasteiger partial charge in [-0.3, -0.25) is 14.5 Å². The Bertz CT molecular complexity index is 608. The molecule has 1 atom stereocenters. The fourth-order valence-corrected chi connectivity index (χ4v) is 4.09. The average Bonchev–Trinajstić information content (AvgIpc) is 3.13. The van der Waals surface area contributed by atoms with Gasteiger partial charge in [0.25, 0.3) is 5.91 Å². The highest BCUT2D eigenvalue weighted by atomic mass is 32.1. The molecule has 6 nitrogen and oxygen atoms in total. The summed E-state index contributed by atoms with van der Waals surface area (Å²) in [5.74, 6) is -0.566. The third-order valence-electron chi connectivity index (χ3n) is 4.60. The zero-order valence-corrected chi connectivity index (χ0v) is 13.9. The van der Waals surface area contributed by atoms with Crippen LogP contribution < -0.4 is 10.6 Å². The van der Waals surface area contributed by atoms with Crippen molar-refractivity contribution in [3.63, 3.8) is 0 Å². The van der Waals surface area contributed by atoms with Gasteiger partial charge in [0.05, 0.1) is 6.04 Å². The fourth-order valence-electron chi connectivity index (χ4n) is 3.35. The van der Waals surface area contributed by atoms with Crippen molar-refractivity contribution < 1.29 is 14.4 Å². The molecule has 1 aromatic rings. The van der Waals surface area contributed by atoms with Crippen LogP contribution in [0, 0.1) is 0 Å². The number of urea groups is 1. The van der Waals surface area contributed by atoms with Gasteiger partial charge in [-0.05, 0) is 31.2 Å². The zero-order chi connectivity index (χ0) is 16.4. The molecule has 23 heavy (non-hydrogen) atoms. The van der Waals surface area contributed by atoms with Gasteiger partial charge in [-0.2, -0.15) is 0 Å². The van der Waals surface area contributed by atoms with Gasteiger partial charge < -0.3 is 10.6 Å². The Balaban J connectivity index is 1.62. The van der Waals surface area contributed by atoms with Crippen molar-refractivity contribution in [2.45, 2.75) is 50.6 Å². The number of thiophene rings is 1. The second-order valence-corrected chi connectivity index (χ2v) is 7.25. The van der Waals surface area contributed by atoms with Crippen molar-refractivity contribution in [1.29, 1.82) is 0 Å². The molecule has 0 aromatic carbocycles. The molecule has 2 N–H and O–H groups in total. The summed E-state index contributed by atoms with van der Waals surface area (Å²) in [6, 6.07) is 3.29. The lowest BCUT2D eigenvalue weighted by molar-refractivity contribution is -0.136. The van der Waals surface area contributed by atoms with Crippen LogP contribution in [-0.4, -0.2) is 34.8 Å². The molecule has 1 aromatic heterocycles. The van der Waals surface area contributed by atoms with Gasteiger partial charge in [0.15, 0.2) is 0 Å². The summed E-state index contributed by atoms with van der Waals surface area (Å²) in [4.78, 5) is 39.0.